The Kier molecular flexibility index (Phi) is 6.81. The van der Waals surface area contributed by atoms with Crippen molar-refractivity contribution in [1.82, 2.24) is 5.48 Å². The number of allylic oxidation sites excluding steroid dienone is 3. The third-order valence-electron chi connectivity index (χ3n) is 5.24. The minimum atomic E-state index is -3.38. The fraction of sp³-hybridized carbons (Fsp3) is 0.400. The topological polar surface area (TPSA) is 94.1 Å². The molecule has 1 aromatic carbocycles. The molecule has 1 aromatic rings. The van der Waals surface area contributed by atoms with Crippen LogP contribution in [0.25, 0.3) is 0 Å². The molecule has 2 heterocycles. The number of nitrogens with zero attached hydrogens (tertiary/aromatic N) is 1. The maximum atomic E-state index is 13.1. The molecule has 1 N–H and O–H groups in total. The molecule has 3 aliphatic rings. The van der Waals surface area contributed by atoms with Crippen molar-refractivity contribution in [1.29, 1.82) is 0 Å². The summed E-state index contributed by atoms with van der Waals surface area (Å²) in [5.41, 5.74) is 2.96. The number of hydrogen-bond acceptors (Lipinski definition) is 7. The van der Waals surface area contributed by atoms with Crippen molar-refractivity contribution in [3.05, 3.63) is 48.2 Å². The minimum Gasteiger partial charge on any atom is -0.497 e. The van der Waals surface area contributed by atoms with Crippen molar-refractivity contribution in [3.8, 4) is 5.75 Å². The van der Waals surface area contributed by atoms with Crippen molar-refractivity contribution in [2.75, 3.05) is 14.2 Å². The second-order valence-corrected chi connectivity index (χ2v) is 10.7. The molecule has 3 atom stereocenters. The lowest BCUT2D eigenvalue weighted by atomic mass is 9.79. The van der Waals surface area contributed by atoms with E-state index >= 15 is 0 Å². The highest BCUT2D eigenvalue weighted by atomic mass is 32.3. The Morgan fingerprint density at radius 3 is 2.66 bits per heavy atom. The first-order valence-electron chi connectivity index (χ1n) is 9.15. The summed E-state index contributed by atoms with van der Waals surface area (Å²) in [6.07, 6.45) is 11.0. The first-order valence-corrected chi connectivity index (χ1v) is 11.6. The summed E-state index contributed by atoms with van der Waals surface area (Å²) < 4.78 is 30.7. The van der Waals surface area contributed by atoms with Crippen LogP contribution in [0.2, 0.25) is 0 Å². The van der Waals surface area contributed by atoms with E-state index in [1.807, 2.05) is 23.8 Å². The minimum absolute atomic E-state index is 0.173. The van der Waals surface area contributed by atoms with Crippen LogP contribution in [-0.2, 0) is 19.5 Å². The molecular formula is C20H24N2O5S2. The molecule has 0 aromatic heterocycles. The van der Waals surface area contributed by atoms with Crippen molar-refractivity contribution < 1.29 is 22.8 Å². The number of carbonyl (C=O) groups excluding carboxylic acids is 1. The van der Waals surface area contributed by atoms with E-state index in [9.17, 15) is 8.42 Å². The summed E-state index contributed by atoms with van der Waals surface area (Å²) in [4.78, 5) is 18.2. The maximum Gasteiger partial charge on any atom is 0.230 e. The second-order valence-electron chi connectivity index (χ2n) is 6.76. The molecule has 1 fully saturated rings. The van der Waals surface area contributed by atoms with Crippen LogP contribution >= 0.6 is 11.8 Å². The number of amides is 1. The quantitative estimate of drug-likeness (QED) is 0.563. The molecule has 0 bridgehead atoms. The Morgan fingerprint density at radius 1 is 1.28 bits per heavy atom. The lowest BCUT2D eigenvalue weighted by Gasteiger charge is -2.37. The second kappa shape index (κ2) is 9.15. The highest BCUT2D eigenvalue weighted by Gasteiger charge is 2.54. The van der Waals surface area contributed by atoms with Crippen LogP contribution in [0.15, 0.2) is 58.1 Å². The third kappa shape index (κ3) is 4.26. The van der Waals surface area contributed by atoms with Crippen molar-refractivity contribution >= 4 is 34.2 Å². The zero-order valence-corrected chi connectivity index (χ0v) is 17.9. The van der Waals surface area contributed by atoms with Gasteiger partial charge in [0.2, 0.25) is 6.41 Å². The number of methoxy groups -OCH3 is 1. The van der Waals surface area contributed by atoms with Gasteiger partial charge in [-0.2, -0.15) is 0 Å². The van der Waals surface area contributed by atoms with Gasteiger partial charge in [-0.1, -0.05) is 12.2 Å². The van der Waals surface area contributed by atoms with Gasteiger partial charge in [0.1, 0.15) is 10.3 Å². The summed E-state index contributed by atoms with van der Waals surface area (Å²) in [5, 5.41) is 0. The Balaban J connectivity index is 0.000000431. The zero-order valence-electron chi connectivity index (χ0n) is 16.3. The van der Waals surface area contributed by atoms with Crippen LogP contribution < -0.4 is 10.2 Å². The summed E-state index contributed by atoms with van der Waals surface area (Å²) >= 11 is 1.59. The highest BCUT2D eigenvalue weighted by Crippen LogP contribution is 2.59. The average molecular weight is 437 g/mol. The molecule has 7 nitrogen and oxygen atoms in total. The molecule has 1 amide bonds. The Labute approximate surface area is 175 Å². The molecule has 1 aliphatic carbocycles. The number of carbonyl (C=O) groups is 1. The standard InChI is InChI=1S/C18H19NO3S2.C2H5NO2/c1-22-14-5-7-15(8-6-14)24(20,21)17-12-13-9-11-19-16-4-2-3-10-18(13,16)23-17;1-5-3-2-4/h2-8,11,13,17H,9-10,12H2,1H3;2H,1H3,(H,3,4). The van der Waals surface area contributed by atoms with Crippen LogP contribution in [0.1, 0.15) is 19.3 Å². The lowest BCUT2D eigenvalue weighted by Crippen LogP contribution is -2.35. The van der Waals surface area contributed by atoms with Crippen LogP contribution in [0.4, 0.5) is 0 Å². The number of benzene rings is 1. The molecule has 0 radical (unpaired) electrons. The number of thioether (sulfide) groups is 1. The van der Waals surface area contributed by atoms with E-state index in [-0.39, 0.29) is 4.75 Å². The normalized spacial score (nSPS) is 27.0. The summed E-state index contributed by atoms with van der Waals surface area (Å²) in [6, 6.07) is 6.69. The van der Waals surface area contributed by atoms with E-state index in [2.05, 4.69) is 15.9 Å². The number of hydroxylamine groups is 1. The van der Waals surface area contributed by atoms with E-state index < -0.39 is 14.4 Å². The van der Waals surface area contributed by atoms with E-state index in [1.165, 1.54) is 7.11 Å². The summed E-state index contributed by atoms with van der Waals surface area (Å²) in [6.45, 7) is 0. The Hall–Kier alpha value is -2.10. The average Bonchev–Trinajstić information content (AvgIpc) is 3.14. The first-order chi connectivity index (χ1) is 14.0. The van der Waals surface area contributed by atoms with Gasteiger partial charge in [0.05, 0.1) is 29.6 Å². The molecule has 0 saturated carbocycles. The monoisotopic (exact) mass is 436 g/mol. The number of sulfone groups is 1. The molecule has 2 aliphatic heterocycles. The van der Waals surface area contributed by atoms with E-state index in [1.54, 1.807) is 43.1 Å². The Morgan fingerprint density at radius 2 is 2.03 bits per heavy atom. The first kappa shape index (κ1) is 21.6. The molecular weight excluding hydrogens is 412 g/mol. The number of aliphatic imine (C=N–C) groups is 1. The van der Waals surface area contributed by atoms with Gasteiger partial charge in [0.15, 0.2) is 9.84 Å². The van der Waals surface area contributed by atoms with Gasteiger partial charge >= 0.3 is 0 Å². The molecule has 9 heteroatoms. The summed E-state index contributed by atoms with van der Waals surface area (Å²) in [7, 11) is -0.434. The van der Waals surface area contributed by atoms with E-state index in [0.717, 1.165) is 18.5 Å². The fourth-order valence-corrected chi connectivity index (χ4v) is 8.08. The van der Waals surface area contributed by atoms with E-state index in [0.29, 0.717) is 29.4 Å². The predicted molar refractivity (Wildman–Crippen MR) is 114 cm³/mol. The number of hydrogen-bond donors (Lipinski definition) is 1. The molecule has 1 saturated heterocycles. The van der Waals surface area contributed by atoms with Gasteiger partial charge in [0, 0.05) is 6.21 Å². The molecule has 1 spiro atoms. The molecule has 3 unspecified atom stereocenters. The van der Waals surface area contributed by atoms with E-state index in [4.69, 9.17) is 9.53 Å². The van der Waals surface area contributed by atoms with Crippen LogP contribution in [-0.4, -0.2) is 44.6 Å². The smallest absolute Gasteiger partial charge is 0.230 e. The van der Waals surface area contributed by atoms with Gasteiger partial charge in [-0.05, 0) is 55.5 Å². The van der Waals surface area contributed by atoms with Gasteiger partial charge in [-0.3, -0.25) is 14.6 Å². The van der Waals surface area contributed by atoms with Gasteiger partial charge < -0.3 is 4.74 Å². The van der Waals surface area contributed by atoms with Crippen molar-refractivity contribution in [3.63, 3.8) is 0 Å². The third-order valence-corrected chi connectivity index (χ3v) is 9.69. The van der Waals surface area contributed by atoms with Gasteiger partial charge in [-0.15, -0.1) is 11.8 Å². The fourth-order valence-electron chi connectivity index (χ4n) is 3.81. The van der Waals surface area contributed by atoms with Gasteiger partial charge in [-0.25, -0.2) is 13.9 Å². The predicted octanol–water partition coefficient (Wildman–Crippen LogP) is 2.90. The Bertz CT molecular complexity index is 925. The molecule has 156 valence electrons. The van der Waals surface area contributed by atoms with Crippen LogP contribution in [0, 0.1) is 5.92 Å². The molecule has 29 heavy (non-hydrogen) atoms. The van der Waals surface area contributed by atoms with Crippen LogP contribution in [0.5, 0.6) is 5.75 Å². The van der Waals surface area contributed by atoms with Gasteiger partial charge in [0.25, 0.3) is 0 Å². The summed E-state index contributed by atoms with van der Waals surface area (Å²) in [5.74, 6) is 0.991. The highest BCUT2D eigenvalue weighted by molar-refractivity contribution is 8.14. The van der Waals surface area contributed by atoms with Crippen molar-refractivity contribution in [2.24, 2.45) is 10.9 Å². The number of rotatable bonds is 5. The zero-order chi connectivity index (χ0) is 20.9. The number of nitrogens with one attached hydrogen (secondary N) is 1. The van der Waals surface area contributed by atoms with Crippen LogP contribution in [0.3, 0.4) is 0 Å². The van der Waals surface area contributed by atoms with Crippen molar-refractivity contribution in [2.45, 2.75) is 33.5 Å². The maximum absolute atomic E-state index is 13.1. The largest absolute Gasteiger partial charge is 0.497 e. The molecule has 4 rings (SSSR count). The number of ether oxygens (including phenoxy) is 1. The SMILES string of the molecule is CONC=O.COc1ccc(S(=O)(=O)C2CC3CC=NC4=CC=CCC43S2)cc1. The lowest BCUT2D eigenvalue weighted by molar-refractivity contribution is -0.118.